The molecule has 1 saturated heterocycles. The molecule has 0 aliphatic carbocycles. The molecule has 1 N–H and O–H groups in total. The number of nitrogens with zero attached hydrogens (tertiary/aromatic N) is 3. The van der Waals surface area contributed by atoms with Crippen LogP contribution >= 0.6 is 11.3 Å². The van der Waals surface area contributed by atoms with Crippen molar-refractivity contribution in [1.82, 2.24) is 15.2 Å². The van der Waals surface area contributed by atoms with E-state index in [9.17, 15) is 9.59 Å². The Labute approximate surface area is 164 Å². The molecule has 3 rings (SSSR count). The fourth-order valence-electron chi connectivity index (χ4n) is 3.21. The number of piperazine rings is 1. The van der Waals surface area contributed by atoms with Crippen LogP contribution in [-0.4, -0.2) is 47.9 Å². The summed E-state index contributed by atoms with van der Waals surface area (Å²) in [5, 5.41) is 4.92. The van der Waals surface area contributed by atoms with Gasteiger partial charge in [-0.15, -0.1) is 11.3 Å². The van der Waals surface area contributed by atoms with E-state index in [4.69, 9.17) is 0 Å². The van der Waals surface area contributed by atoms with Crippen molar-refractivity contribution in [2.45, 2.75) is 26.3 Å². The third-order valence-corrected chi connectivity index (χ3v) is 5.58. The molecule has 1 aliphatic heterocycles. The first-order chi connectivity index (χ1) is 13.1. The highest BCUT2D eigenvalue weighted by Gasteiger charge is 2.23. The molecule has 0 saturated carbocycles. The Morgan fingerprint density at radius 2 is 1.96 bits per heavy atom. The quantitative estimate of drug-likeness (QED) is 0.794. The fourth-order valence-corrected chi connectivity index (χ4v) is 3.86. The van der Waals surface area contributed by atoms with E-state index < -0.39 is 0 Å². The lowest BCUT2D eigenvalue weighted by Gasteiger charge is -2.35. The van der Waals surface area contributed by atoms with Crippen LogP contribution in [0, 0.1) is 5.92 Å². The number of hydrogen-bond acceptors (Lipinski definition) is 5. The average molecular weight is 387 g/mol. The van der Waals surface area contributed by atoms with Gasteiger partial charge in [0.25, 0.3) is 0 Å². The molecule has 0 aromatic carbocycles. The van der Waals surface area contributed by atoms with E-state index in [1.807, 2.05) is 47.5 Å². The molecule has 7 heteroatoms. The number of pyridine rings is 1. The van der Waals surface area contributed by atoms with Gasteiger partial charge in [-0.2, -0.15) is 0 Å². The molecule has 1 atom stereocenters. The Morgan fingerprint density at radius 1 is 1.15 bits per heavy atom. The second-order valence-corrected chi connectivity index (χ2v) is 7.96. The van der Waals surface area contributed by atoms with Crippen LogP contribution in [0.25, 0.3) is 0 Å². The van der Waals surface area contributed by atoms with Crippen molar-refractivity contribution in [2.75, 3.05) is 31.1 Å². The first kappa shape index (κ1) is 19.4. The second-order valence-electron chi connectivity index (χ2n) is 6.93. The van der Waals surface area contributed by atoms with Crippen LogP contribution in [0.5, 0.6) is 0 Å². The number of rotatable bonds is 7. The minimum atomic E-state index is 0.00340. The maximum absolute atomic E-state index is 12.5. The van der Waals surface area contributed by atoms with Gasteiger partial charge in [0.1, 0.15) is 5.82 Å². The summed E-state index contributed by atoms with van der Waals surface area (Å²) in [5.74, 6) is 1.13. The predicted molar refractivity (Wildman–Crippen MR) is 108 cm³/mol. The van der Waals surface area contributed by atoms with E-state index in [-0.39, 0.29) is 17.7 Å². The highest BCUT2D eigenvalue weighted by molar-refractivity contribution is 7.09. The monoisotopic (exact) mass is 386 g/mol. The van der Waals surface area contributed by atoms with E-state index in [2.05, 4.69) is 15.2 Å². The Kier molecular flexibility index (Phi) is 6.81. The molecular formula is C20H26N4O2S. The van der Waals surface area contributed by atoms with Crippen LogP contribution in [0.3, 0.4) is 0 Å². The maximum Gasteiger partial charge on any atom is 0.222 e. The zero-order valence-corrected chi connectivity index (χ0v) is 16.5. The van der Waals surface area contributed by atoms with Gasteiger partial charge in [0.2, 0.25) is 11.8 Å². The molecule has 1 aliphatic rings. The van der Waals surface area contributed by atoms with Crippen LogP contribution in [0.15, 0.2) is 41.9 Å². The van der Waals surface area contributed by atoms with Crippen molar-refractivity contribution >= 4 is 29.0 Å². The van der Waals surface area contributed by atoms with Gasteiger partial charge in [-0.25, -0.2) is 4.98 Å². The summed E-state index contributed by atoms with van der Waals surface area (Å²) in [6.07, 6.45) is 2.58. The standard InChI is InChI=1S/C20H26N4O2S/c1-16(13-19(25)22-15-17-5-4-12-27-17)14-20(26)24-10-8-23(9-11-24)18-6-2-3-7-21-18/h2-7,12,16H,8-11,13-15H2,1H3,(H,22,25)/t16-/m1/s1. The van der Waals surface area contributed by atoms with Crippen molar-refractivity contribution in [2.24, 2.45) is 5.92 Å². The van der Waals surface area contributed by atoms with Crippen molar-refractivity contribution in [3.8, 4) is 0 Å². The molecule has 6 nitrogen and oxygen atoms in total. The lowest BCUT2D eigenvalue weighted by Crippen LogP contribution is -2.49. The van der Waals surface area contributed by atoms with Gasteiger partial charge in [0.15, 0.2) is 0 Å². The highest BCUT2D eigenvalue weighted by Crippen LogP contribution is 2.16. The van der Waals surface area contributed by atoms with Crippen LogP contribution in [0.2, 0.25) is 0 Å². The molecular weight excluding hydrogens is 360 g/mol. The zero-order chi connectivity index (χ0) is 19.1. The number of nitrogens with one attached hydrogen (secondary N) is 1. The summed E-state index contributed by atoms with van der Waals surface area (Å²) in [6, 6.07) is 9.85. The molecule has 2 aromatic rings. The van der Waals surface area contributed by atoms with E-state index in [1.165, 1.54) is 0 Å². The van der Waals surface area contributed by atoms with Crippen LogP contribution in [-0.2, 0) is 16.1 Å². The Bertz CT molecular complexity index is 728. The van der Waals surface area contributed by atoms with Crippen LogP contribution in [0.1, 0.15) is 24.6 Å². The summed E-state index contributed by atoms with van der Waals surface area (Å²) < 4.78 is 0. The van der Waals surface area contributed by atoms with Gasteiger partial charge in [0, 0.05) is 50.1 Å². The minimum Gasteiger partial charge on any atom is -0.353 e. The maximum atomic E-state index is 12.5. The predicted octanol–water partition coefficient (Wildman–Crippen LogP) is 2.52. The molecule has 1 fully saturated rings. The van der Waals surface area contributed by atoms with Crippen molar-refractivity contribution < 1.29 is 9.59 Å². The number of thiophene rings is 1. The Morgan fingerprint density at radius 3 is 2.63 bits per heavy atom. The third-order valence-electron chi connectivity index (χ3n) is 4.70. The number of anilines is 1. The topological polar surface area (TPSA) is 65.5 Å². The van der Waals surface area contributed by atoms with Gasteiger partial charge in [-0.1, -0.05) is 19.1 Å². The molecule has 0 unspecified atom stereocenters. The lowest BCUT2D eigenvalue weighted by molar-refractivity contribution is -0.132. The van der Waals surface area contributed by atoms with E-state index in [1.54, 1.807) is 17.5 Å². The first-order valence-electron chi connectivity index (χ1n) is 9.34. The molecule has 2 amide bonds. The number of carbonyl (C=O) groups excluding carboxylic acids is 2. The van der Waals surface area contributed by atoms with Crippen molar-refractivity contribution in [3.05, 3.63) is 46.8 Å². The number of aromatic nitrogens is 1. The van der Waals surface area contributed by atoms with Gasteiger partial charge in [0.05, 0.1) is 6.54 Å². The summed E-state index contributed by atoms with van der Waals surface area (Å²) >= 11 is 1.63. The largest absolute Gasteiger partial charge is 0.353 e. The van der Waals surface area contributed by atoms with Gasteiger partial charge in [-0.05, 0) is 29.5 Å². The molecule has 27 heavy (non-hydrogen) atoms. The summed E-state index contributed by atoms with van der Waals surface area (Å²) in [7, 11) is 0. The zero-order valence-electron chi connectivity index (χ0n) is 15.6. The number of hydrogen-bond donors (Lipinski definition) is 1. The first-order valence-corrected chi connectivity index (χ1v) is 10.2. The smallest absolute Gasteiger partial charge is 0.222 e. The average Bonchev–Trinajstić information content (AvgIpc) is 3.21. The van der Waals surface area contributed by atoms with E-state index >= 15 is 0 Å². The third kappa shape index (κ3) is 5.79. The Hall–Kier alpha value is -2.41. The van der Waals surface area contributed by atoms with E-state index in [0.717, 1.165) is 23.8 Å². The minimum absolute atomic E-state index is 0.00340. The molecule has 2 aromatic heterocycles. The molecule has 3 heterocycles. The molecule has 0 bridgehead atoms. The fraction of sp³-hybridized carbons (Fsp3) is 0.450. The lowest BCUT2D eigenvalue weighted by atomic mass is 10.0. The number of amides is 2. The molecule has 0 spiro atoms. The number of carbonyl (C=O) groups is 2. The summed E-state index contributed by atoms with van der Waals surface area (Å²) in [6.45, 7) is 5.51. The van der Waals surface area contributed by atoms with E-state index in [0.29, 0.717) is 32.5 Å². The van der Waals surface area contributed by atoms with Crippen LogP contribution in [0.4, 0.5) is 5.82 Å². The summed E-state index contributed by atoms with van der Waals surface area (Å²) in [4.78, 5) is 34.2. The van der Waals surface area contributed by atoms with Gasteiger partial charge < -0.3 is 15.1 Å². The highest BCUT2D eigenvalue weighted by atomic mass is 32.1. The molecule has 0 radical (unpaired) electrons. The molecule has 144 valence electrons. The van der Waals surface area contributed by atoms with Crippen molar-refractivity contribution in [1.29, 1.82) is 0 Å². The van der Waals surface area contributed by atoms with Gasteiger partial charge in [-0.3, -0.25) is 9.59 Å². The van der Waals surface area contributed by atoms with Gasteiger partial charge >= 0.3 is 0 Å². The second kappa shape index (κ2) is 9.50. The normalized spacial score (nSPS) is 15.4. The Balaban J connectivity index is 1.38. The van der Waals surface area contributed by atoms with Crippen molar-refractivity contribution in [3.63, 3.8) is 0 Å². The SMILES string of the molecule is C[C@H](CC(=O)NCc1cccs1)CC(=O)N1CCN(c2ccccn2)CC1. The van der Waals surface area contributed by atoms with Crippen LogP contribution < -0.4 is 10.2 Å². The summed E-state index contributed by atoms with van der Waals surface area (Å²) in [5.41, 5.74) is 0.